The maximum atomic E-state index is 11.3. The second-order valence-electron chi connectivity index (χ2n) is 9.21. The van der Waals surface area contributed by atoms with Crippen molar-refractivity contribution in [2.24, 2.45) is 28.6 Å². The summed E-state index contributed by atoms with van der Waals surface area (Å²) in [6, 6.07) is 0. The number of aliphatic hydroxyl groups excluding tert-OH is 2. The van der Waals surface area contributed by atoms with Gasteiger partial charge in [-0.25, -0.2) is 0 Å². The average Bonchev–Trinajstić information content (AvgIpc) is 2.79. The molecule has 0 aliphatic heterocycles. The third-order valence-corrected chi connectivity index (χ3v) is 7.70. The van der Waals surface area contributed by atoms with E-state index in [4.69, 9.17) is 0 Å². The Labute approximate surface area is 127 Å². The summed E-state index contributed by atoms with van der Waals surface area (Å²) in [6.45, 7) is 2.56. The number of hydrogen-bond acceptors (Lipinski definition) is 3. The minimum Gasteiger partial charge on any atom is -0.396 e. The normalized spacial score (nSPS) is 59.4. The van der Waals surface area contributed by atoms with Crippen molar-refractivity contribution in [2.45, 2.75) is 76.4 Å². The van der Waals surface area contributed by atoms with E-state index in [2.05, 4.69) is 6.92 Å². The molecule has 0 amide bonds. The van der Waals surface area contributed by atoms with E-state index in [1.807, 2.05) is 0 Å². The van der Waals surface area contributed by atoms with Crippen molar-refractivity contribution in [1.29, 1.82) is 0 Å². The van der Waals surface area contributed by atoms with Crippen molar-refractivity contribution in [3.63, 3.8) is 0 Å². The van der Waals surface area contributed by atoms with Crippen molar-refractivity contribution in [2.75, 3.05) is 6.61 Å². The van der Waals surface area contributed by atoms with Crippen LogP contribution in [0.2, 0.25) is 0 Å². The average molecular weight is 294 g/mol. The lowest BCUT2D eigenvalue weighted by molar-refractivity contribution is -0.191. The standard InChI is InChI=1S/C18H30O3/c1-16-4-2-5-18(21,11-16)13-8-17(15(13)14(20)9-16)6-3-12(7-17)10-19/h12-15,19-21H,2-11H2,1H3. The van der Waals surface area contributed by atoms with Gasteiger partial charge in [0.15, 0.2) is 0 Å². The molecule has 21 heavy (non-hydrogen) atoms. The van der Waals surface area contributed by atoms with Crippen LogP contribution in [0.5, 0.6) is 0 Å². The second kappa shape index (κ2) is 4.46. The molecular formula is C18H30O3. The van der Waals surface area contributed by atoms with Gasteiger partial charge in [0.1, 0.15) is 0 Å². The van der Waals surface area contributed by atoms with Crippen molar-refractivity contribution < 1.29 is 15.3 Å². The molecule has 7 atom stereocenters. The van der Waals surface area contributed by atoms with Gasteiger partial charge in [0, 0.05) is 6.61 Å². The largest absolute Gasteiger partial charge is 0.396 e. The Kier molecular flexibility index (Phi) is 3.07. The van der Waals surface area contributed by atoms with Crippen LogP contribution in [0.3, 0.4) is 0 Å². The highest BCUT2D eigenvalue weighted by atomic mass is 16.3. The van der Waals surface area contributed by atoms with Gasteiger partial charge in [-0.1, -0.05) is 13.3 Å². The summed E-state index contributed by atoms with van der Waals surface area (Å²) >= 11 is 0. The molecule has 7 unspecified atom stereocenters. The number of aliphatic hydroxyl groups is 3. The molecule has 4 fully saturated rings. The minimum absolute atomic E-state index is 0.125. The summed E-state index contributed by atoms with van der Waals surface area (Å²) < 4.78 is 0. The Bertz CT molecular complexity index is 438. The Morgan fingerprint density at radius 3 is 2.62 bits per heavy atom. The molecule has 0 aromatic heterocycles. The van der Waals surface area contributed by atoms with Crippen molar-refractivity contribution in [3.05, 3.63) is 0 Å². The van der Waals surface area contributed by atoms with Crippen LogP contribution < -0.4 is 0 Å². The fraction of sp³-hybridized carbons (Fsp3) is 1.00. The molecule has 3 nitrogen and oxygen atoms in total. The maximum absolute atomic E-state index is 11.3. The minimum atomic E-state index is -0.530. The summed E-state index contributed by atoms with van der Waals surface area (Å²) in [7, 11) is 0. The highest BCUT2D eigenvalue weighted by Gasteiger charge is 2.67. The van der Waals surface area contributed by atoms with E-state index in [9.17, 15) is 15.3 Å². The van der Waals surface area contributed by atoms with E-state index in [-0.39, 0.29) is 29.5 Å². The Morgan fingerprint density at radius 2 is 1.90 bits per heavy atom. The first kappa shape index (κ1) is 14.5. The molecule has 4 rings (SSSR count). The number of hydrogen-bond donors (Lipinski definition) is 3. The zero-order valence-corrected chi connectivity index (χ0v) is 13.2. The van der Waals surface area contributed by atoms with E-state index < -0.39 is 5.60 Å². The second-order valence-corrected chi connectivity index (χ2v) is 9.21. The predicted octanol–water partition coefficient (Wildman–Crippen LogP) is 2.48. The lowest BCUT2D eigenvalue weighted by Gasteiger charge is -2.60. The molecule has 2 bridgehead atoms. The number of rotatable bonds is 1. The first-order chi connectivity index (χ1) is 9.90. The van der Waals surface area contributed by atoms with Crippen molar-refractivity contribution in [3.8, 4) is 0 Å². The van der Waals surface area contributed by atoms with Crippen LogP contribution in [-0.2, 0) is 0 Å². The smallest absolute Gasteiger partial charge is 0.0685 e. The molecule has 120 valence electrons. The van der Waals surface area contributed by atoms with Gasteiger partial charge in [-0.2, -0.15) is 0 Å². The monoisotopic (exact) mass is 294 g/mol. The molecule has 3 N–H and O–H groups in total. The van der Waals surface area contributed by atoms with E-state index >= 15 is 0 Å². The zero-order chi connectivity index (χ0) is 14.9. The van der Waals surface area contributed by atoms with E-state index in [0.29, 0.717) is 11.8 Å². The highest BCUT2D eigenvalue weighted by molar-refractivity contribution is 5.16. The van der Waals surface area contributed by atoms with Gasteiger partial charge in [0.2, 0.25) is 0 Å². The summed E-state index contributed by atoms with van der Waals surface area (Å²) in [6.07, 6.45) is 9.07. The lowest BCUT2D eigenvalue weighted by Crippen LogP contribution is -2.60. The predicted molar refractivity (Wildman–Crippen MR) is 80.6 cm³/mol. The third-order valence-electron chi connectivity index (χ3n) is 7.70. The van der Waals surface area contributed by atoms with Gasteiger partial charge < -0.3 is 15.3 Å². The van der Waals surface area contributed by atoms with E-state index in [1.54, 1.807) is 0 Å². The molecule has 0 aromatic carbocycles. The topological polar surface area (TPSA) is 60.7 Å². The Balaban J connectivity index is 1.65. The van der Waals surface area contributed by atoms with Crippen molar-refractivity contribution in [1.82, 2.24) is 0 Å². The Hall–Kier alpha value is -0.120. The molecule has 0 radical (unpaired) electrons. The SMILES string of the molecule is CC12CCCC(O)(C1)C1CC3(CCC(CO)C3)C1C(O)C2. The fourth-order valence-corrected chi connectivity index (χ4v) is 6.94. The van der Waals surface area contributed by atoms with Crippen LogP contribution in [-0.4, -0.2) is 33.6 Å². The molecule has 4 aliphatic rings. The first-order valence-corrected chi connectivity index (χ1v) is 8.91. The molecule has 0 heterocycles. The van der Waals surface area contributed by atoms with Crippen molar-refractivity contribution >= 4 is 0 Å². The molecule has 4 saturated carbocycles. The van der Waals surface area contributed by atoms with E-state index in [0.717, 1.165) is 57.8 Å². The zero-order valence-electron chi connectivity index (χ0n) is 13.2. The Morgan fingerprint density at radius 1 is 1.10 bits per heavy atom. The van der Waals surface area contributed by atoms with Crippen LogP contribution >= 0.6 is 0 Å². The van der Waals surface area contributed by atoms with Gasteiger partial charge in [-0.05, 0) is 80.0 Å². The van der Waals surface area contributed by atoms with Crippen LogP contribution in [0, 0.1) is 28.6 Å². The summed E-state index contributed by atoms with van der Waals surface area (Å²) in [5.41, 5.74) is -0.182. The highest BCUT2D eigenvalue weighted by Crippen LogP contribution is 2.69. The van der Waals surface area contributed by atoms with Crippen LogP contribution in [0.25, 0.3) is 0 Å². The van der Waals surface area contributed by atoms with Gasteiger partial charge >= 0.3 is 0 Å². The third kappa shape index (κ3) is 1.96. The molecule has 4 aliphatic carbocycles. The van der Waals surface area contributed by atoms with Gasteiger partial charge in [0.25, 0.3) is 0 Å². The molecule has 0 aromatic rings. The summed E-state index contributed by atoms with van der Waals surface area (Å²) in [5, 5.41) is 31.6. The molecule has 3 heteroatoms. The van der Waals surface area contributed by atoms with Crippen LogP contribution in [0.1, 0.15) is 64.7 Å². The molecule has 0 saturated heterocycles. The first-order valence-electron chi connectivity index (χ1n) is 8.91. The quantitative estimate of drug-likeness (QED) is 0.696. The van der Waals surface area contributed by atoms with Gasteiger partial charge in [0.05, 0.1) is 11.7 Å². The molecular weight excluding hydrogens is 264 g/mol. The van der Waals surface area contributed by atoms with Gasteiger partial charge in [-0.3, -0.25) is 0 Å². The van der Waals surface area contributed by atoms with E-state index in [1.165, 1.54) is 0 Å². The van der Waals surface area contributed by atoms with Crippen LogP contribution in [0.15, 0.2) is 0 Å². The van der Waals surface area contributed by atoms with Gasteiger partial charge in [-0.15, -0.1) is 0 Å². The van der Waals surface area contributed by atoms with Crippen LogP contribution in [0.4, 0.5) is 0 Å². The summed E-state index contributed by atoms with van der Waals surface area (Å²) in [5.74, 6) is 0.997. The summed E-state index contributed by atoms with van der Waals surface area (Å²) in [4.78, 5) is 0. The fourth-order valence-electron chi connectivity index (χ4n) is 6.94. The number of fused-ring (bicyclic) bond motifs is 5. The maximum Gasteiger partial charge on any atom is 0.0685 e. The molecule has 1 spiro atoms. The lowest BCUT2D eigenvalue weighted by atomic mass is 9.46.